The molecule has 6 aromatic rings. The second-order valence-corrected chi connectivity index (χ2v) is 11.8. The molecule has 0 aliphatic carbocycles. The second-order valence-electron chi connectivity index (χ2n) is 9.58. The summed E-state index contributed by atoms with van der Waals surface area (Å²) < 4.78 is 0. The summed E-state index contributed by atoms with van der Waals surface area (Å²) in [6.07, 6.45) is 0. The van der Waals surface area contributed by atoms with Crippen LogP contribution in [0.2, 0.25) is 0 Å². The van der Waals surface area contributed by atoms with Crippen molar-refractivity contribution >= 4 is 41.2 Å². The maximum atomic E-state index is 2.24. The fourth-order valence-corrected chi connectivity index (χ4v) is 7.68. The van der Waals surface area contributed by atoms with Crippen molar-refractivity contribution in [3.8, 4) is 43.4 Å². The first kappa shape index (κ1) is 35.1. The Labute approximate surface area is 280 Å². The minimum absolute atomic E-state index is 0. The molecular weight excluding hydrogens is 656 g/mol. The van der Waals surface area contributed by atoms with Crippen molar-refractivity contribution < 1.29 is 26.2 Å². The van der Waals surface area contributed by atoms with Crippen LogP contribution in [0.4, 0.5) is 0 Å². The third-order valence-electron chi connectivity index (χ3n) is 7.18. The monoisotopic (exact) mass is 688 g/mol. The minimum atomic E-state index is 0. The standard InChI is InChI=1S/2C18H16P.2ClH.Zr/c2*1-13-14(2)18(16-11-7-4-8-12-16)19-17(13)15-9-5-3-6-10-15;;;/h2*3-12H,1-2H3;2*1H;/q2*-1;;;+2. The van der Waals surface area contributed by atoms with Crippen molar-refractivity contribution in [1.29, 1.82) is 0 Å². The summed E-state index contributed by atoms with van der Waals surface area (Å²) in [6.45, 7) is 8.95. The summed E-state index contributed by atoms with van der Waals surface area (Å²) in [7, 11) is 2.66. The van der Waals surface area contributed by atoms with E-state index >= 15 is 0 Å². The van der Waals surface area contributed by atoms with Crippen LogP contribution in [0.1, 0.15) is 22.3 Å². The van der Waals surface area contributed by atoms with Gasteiger partial charge in [0.25, 0.3) is 0 Å². The van der Waals surface area contributed by atoms with Crippen molar-refractivity contribution in [1.82, 2.24) is 0 Å². The van der Waals surface area contributed by atoms with Gasteiger partial charge in [-0.1, -0.05) is 157 Å². The average molecular weight is 691 g/mol. The zero-order valence-electron chi connectivity index (χ0n) is 23.8. The zero-order valence-corrected chi connectivity index (χ0v) is 29.6. The molecule has 0 aliphatic heterocycles. The van der Waals surface area contributed by atoms with Gasteiger partial charge in [0.05, 0.1) is 0 Å². The predicted octanol–water partition coefficient (Wildman–Crippen LogP) is 12.7. The summed E-state index contributed by atoms with van der Waals surface area (Å²) in [5.41, 5.74) is 11.1. The van der Waals surface area contributed by atoms with Gasteiger partial charge in [-0.25, -0.2) is 0 Å². The molecule has 6 rings (SSSR count). The van der Waals surface area contributed by atoms with Crippen LogP contribution >= 0.6 is 41.2 Å². The van der Waals surface area contributed by atoms with Gasteiger partial charge >= 0.3 is 26.2 Å². The normalized spacial score (nSPS) is 10.2. The van der Waals surface area contributed by atoms with Crippen LogP contribution in [0.15, 0.2) is 121 Å². The molecule has 2 heterocycles. The number of halogens is 2. The first-order valence-corrected chi connectivity index (χ1v) is 14.8. The van der Waals surface area contributed by atoms with Crippen LogP contribution in [-0.2, 0) is 26.2 Å². The summed E-state index contributed by atoms with van der Waals surface area (Å²) in [6, 6.07) is 42.8. The molecule has 0 unspecified atom stereocenters. The van der Waals surface area contributed by atoms with E-state index in [-0.39, 0.29) is 51.0 Å². The van der Waals surface area contributed by atoms with E-state index < -0.39 is 0 Å². The molecule has 5 heteroatoms. The van der Waals surface area contributed by atoms with Gasteiger partial charge in [-0.3, -0.25) is 0 Å². The van der Waals surface area contributed by atoms with Crippen molar-refractivity contribution in [2.45, 2.75) is 27.7 Å². The van der Waals surface area contributed by atoms with Crippen molar-refractivity contribution in [3.63, 3.8) is 0 Å². The zero-order chi connectivity index (χ0) is 26.5. The molecular formula is C36H34Cl2P2Zr. The Morgan fingerprint density at radius 1 is 0.415 bits per heavy atom. The third kappa shape index (κ3) is 8.05. The molecule has 0 N–H and O–H groups in total. The molecule has 2 aromatic heterocycles. The number of hydrogen-bond donors (Lipinski definition) is 0. The smallest absolute Gasteiger partial charge is 0.152 e. The largest absolute Gasteiger partial charge is 2.00 e. The molecule has 0 nitrogen and oxygen atoms in total. The Morgan fingerprint density at radius 3 is 0.976 bits per heavy atom. The van der Waals surface area contributed by atoms with Gasteiger partial charge in [0.2, 0.25) is 0 Å². The minimum Gasteiger partial charge on any atom is -0.152 e. The van der Waals surface area contributed by atoms with E-state index in [1.54, 1.807) is 0 Å². The van der Waals surface area contributed by atoms with Gasteiger partial charge in [-0.05, 0) is 0 Å². The quantitative estimate of drug-likeness (QED) is 0.162. The Morgan fingerprint density at radius 2 is 0.683 bits per heavy atom. The van der Waals surface area contributed by atoms with E-state index in [4.69, 9.17) is 0 Å². The molecule has 206 valence electrons. The van der Waals surface area contributed by atoms with Gasteiger partial charge in [0.15, 0.2) is 0 Å². The van der Waals surface area contributed by atoms with Crippen LogP contribution in [-0.4, -0.2) is 0 Å². The molecule has 4 aromatic carbocycles. The van der Waals surface area contributed by atoms with Crippen LogP contribution in [0.25, 0.3) is 43.4 Å². The van der Waals surface area contributed by atoms with E-state index in [1.165, 1.54) is 82.1 Å². The Balaban J connectivity index is 0.000000267. The summed E-state index contributed by atoms with van der Waals surface area (Å²) in [5.74, 6) is 0. The van der Waals surface area contributed by atoms with Crippen molar-refractivity contribution in [2.24, 2.45) is 0 Å². The second kappa shape index (κ2) is 16.5. The average Bonchev–Trinajstić information content (AvgIpc) is 3.45. The Kier molecular flexibility index (Phi) is 14.1. The summed E-state index contributed by atoms with van der Waals surface area (Å²) in [5, 5.41) is 5.77. The Bertz CT molecular complexity index is 1380. The molecule has 0 amide bonds. The van der Waals surface area contributed by atoms with Gasteiger partial charge in [-0.2, -0.15) is 16.4 Å². The van der Waals surface area contributed by atoms with E-state index in [1.807, 2.05) is 0 Å². The number of rotatable bonds is 4. The number of hydrogen-bond acceptors (Lipinski definition) is 0. The maximum absolute atomic E-state index is 2.24. The van der Waals surface area contributed by atoms with E-state index in [0.717, 1.165) is 0 Å². The molecule has 0 aliphatic rings. The molecule has 0 saturated carbocycles. The fraction of sp³-hybridized carbons (Fsp3) is 0.111. The Hall–Kier alpha value is -2.10. The molecule has 0 fully saturated rings. The predicted molar refractivity (Wildman–Crippen MR) is 184 cm³/mol. The van der Waals surface area contributed by atoms with Crippen LogP contribution in [0, 0.1) is 27.7 Å². The van der Waals surface area contributed by atoms with E-state index in [9.17, 15) is 0 Å². The van der Waals surface area contributed by atoms with Crippen LogP contribution in [0.3, 0.4) is 0 Å². The first-order valence-electron chi connectivity index (χ1n) is 13.0. The van der Waals surface area contributed by atoms with Gasteiger partial charge in [0.1, 0.15) is 0 Å². The maximum Gasteiger partial charge on any atom is 2.00 e. The first-order chi connectivity index (χ1) is 18.5. The van der Waals surface area contributed by atoms with E-state index in [0.29, 0.717) is 0 Å². The summed E-state index contributed by atoms with van der Waals surface area (Å²) >= 11 is 0. The van der Waals surface area contributed by atoms with Crippen LogP contribution in [0.5, 0.6) is 0 Å². The topological polar surface area (TPSA) is 0 Å². The van der Waals surface area contributed by atoms with Crippen molar-refractivity contribution in [2.75, 3.05) is 0 Å². The SMILES string of the molecule is Cc1c(-c2ccccc2)p[c-](-c2ccccc2)c1C.Cc1c(-c2ccccc2)p[c-](-c2ccccc2)c1C.Cl.Cl.[Zr+2]. The van der Waals surface area contributed by atoms with Crippen molar-refractivity contribution in [3.05, 3.63) is 144 Å². The van der Waals surface area contributed by atoms with E-state index in [2.05, 4.69) is 149 Å². The molecule has 0 atom stereocenters. The molecule has 0 saturated heterocycles. The number of benzene rings is 4. The van der Waals surface area contributed by atoms with Gasteiger partial charge in [-0.15, -0.1) is 82.5 Å². The molecule has 0 spiro atoms. The fourth-order valence-electron chi connectivity index (χ4n) is 4.78. The van der Waals surface area contributed by atoms with Gasteiger partial charge in [0, 0.05) is 0 Å². The molecule has 41 heavy (non-hydrogen) atoms. The van der Waals surface area contributed by atoms with Gasteiger partial charge < -0.3 is 0 Å². The molecule has 0 bridgehead atoms. The summed E-state index contributed by atoms with van der Waals surface area (Å²) in [4.78, 5) is 0. The molecule has 0 radical (unpaired) electrons. The third-order valence-corrected chi connectivity index (χ3v) is 10.5. The van der Waals surface area contributed by atoms with Crippen LogP contribution < -0.4 is 0 Å².